The molecule has 0 spiro atoms. The fourth-order valence-corrected chi connectivity index (χ4v) is 3.19. The zero-order chi connectivity index (χ0) is 18.8. The average molecular weight is 351 g/mol. The van der Waals surface area contributed by atoms with Gasteiger partial charge in [-0.3, -0.25) is 9.59 Å². The Morgan fingerprint density at radius 1 is 1.23 bits per heavy atom. The minimum atomic E-state index is -0.590. The molecule has 0 saturated carbocycles. The highest BCUT2D eigenvalue weighted by Gasteiger charge is 2.19. The molecule has 0 aromatic heterocycles. The third-order valence-electron chi connectivity index (χ3n) is 4.52. The lowest BCUT2D eigenvalue weighted by molar-refractivity contribution is -0.117. The summed E-state index contributed by atoms with van der Waals surface area (Å²) in [5, 5.41) is 14.2. The average Bonchev–Trinajstić information content (AvgIpc) is 2.58. The van der Waals surface area contributed by atoms with Crippen molar-refractivity contribution in [2.45, 2.75) is 33.1 Å². The molecule has 2 N–H and O–H groups in total. The molecule has 2 aromatic carbocycles. The number of anilines is 2. The smallest absolute Gasteiger partial charge is 0.228 e. The van der Waals surface area contributed by atoms with E-state index in [4.69, 9.17) is 5.26 Å². The van der Waals surface area contributed by atoms with E-state index in [2.05, 4.69) is 16.7 Å². The summed E-state index contributed by atoms with van der Waals surface area (Å²) in [7, 11) is 0. The van der Waals surface area contributed by atoms with Gasteiger partial charge in [-0.15, -0.1) is 0 Å². The Bertz CT molecular complexity index is 937. The van der Waals surface area contributed by atoms with Gasteiger partial charge in [0.05, 0.1) is 23.7 Å². The topological polar surface area (TPSA) is 82.0 Å². The van der Waals surface area contributed by atoms with Gasteiger partial charge in [0.25, 0.3) is 0 Å². The van der Waals surface area contributed by atoms with E-state index < -0.39 is 5.82 Å². The Hall–Kier alpha value is -3.20. The molecule has 2 amide bonds. The first-order valence-electron chi connectivity index (χ1n) is 8.29. The van der Waals surface area contributed by atoms with Crippen LogP contribution in [0.15, 0.2) is 24.3 Å². The van der Waals surface area contributed by atoms with Gasteiger partial charge in [0.2, 0.25) is 11.8 Å². The Kier molecular flexibility index (Phi) is 4.72. The minimum Gasteiger partial charge on any atom is -0.326 e. The fourth-order valence-electron chi connectivity index (χ4n) is 3.19. The maximum atomic E-state index is 14.3. The van der Waals surface area contributed by atoms with Crippen molar-refractivity contribution < 1.29 is 14.0 Å². The number of nitriles is 1. The van der Waals surface area contributed by atoms with E-state index in [1.165, 1.54) is 6.07 Å². The van der Waals surface area contributed by atoms with Crippen molar-refractivity contribution in [3.63, 3.8) is 0 Å². The largest absolute Gasteiger partial charge is 0.326 e. The Morgan fingerprint density at radius 2 is 1.92 bits per heavy atom. The summed E-state index contributed by atoms with van der Waals surface area (Å²) in [5.74, 6) is -1.06. The number of nitrogens with zero attached hydrogens (tertiary/aromatic N) is 1. The Morgan fingerprint density at radius 3 is 2.58 bits per heavy atom. The zero-order valence-electron chi connectivity index (χ0n) is 14.6. The van der Waals surface area contributed by atoms with Crippen molar-refractivity contribution >= 4 is 23.2 Å². The lowest BCUT2D eigenvalue weighted by atomic mass is 9.97. The van der Waals surface area contributed by atoms with E-state index >= 15 is 0 Å². The van der Waals surface area contributed by atoms with E-state index in [-0.39, 0.29) is 23.9 Å². The lowest BCUT2D eigenvalue weighted by Gasteiger charge is -2.18. The highest BCUT2D eigenvalue weighted by atomic mass is 19.1. The highest BCUT2D eigenvalue weighted by Crippen LogP contribution is 2.28. The molecule has 0 unspecified atom stereocenters. The van der Waals surface area contributed by atoms with Crippen LogP contribution in [0, 0.1) is 31.0 Å². The molecule has 1 heterocycles. The number of aryl methyl sites for hydroxylation is 3. The number of halogens is 1. The summed E-state index contributed by atoms with van der Waals surface area (Å²) in [6, 6.07) is 8.36. The molecule has 3 rings (SSSR count). The molecule has 2 aromatic rings. The Balaban J connectivity index is 1.79. The number of fused-ring (bicyclic) bond motifs is 1. The summed E-state index contributed by atoms with van der Waals surface area (Å²) < 4.78 is 14.3. The lowest BCUT2D eigenvalue weighted by Crippen LogP contribution is -2.21. The number of benzene rings is 2. The fraction of sp³-hybridized carbons (Fsp3) is 0.250. The summed E-state index contributed by atoms with van der Waals surface area (Å²) >= 11 is 0. The first-order valence-corrected chi connectivity index (χ1v) is 8.29. The van der Waals surface area contributed by atoms with Crippen LogP contribution < -0.4 is 10.6 Å². The van der Waals surface area contributed by atoms with E-state index in [1.807, 2.05) is 13.8 Å². The van der Waals surface area contributed by atoms with Gasteiger partial charge in [0.1, 0.15) is 5.82 Å². The van der Waals surface area contributed by atoms with Crippen LogP contribution in [0.1, 0.15) is 34.2 Å². The molecule has 5 nitrogen and oxygen atoms in total. The second kappa shape index (κ2) is 6.96. The third kappa shape index (κ3) is 3.57. The number of hydrogen-bond acceptors (Lipinski definition) is 3. The molecule has 1 aliphatic rings. The van der Waals surface area contributed by atoms with Crippen LogP contribution in [0.3, 0.4) is 0 Å². The highest BCUT2D eigenvalue weighted by molar-refractivity contribution is 5.96. The number of amides is 2. The van der Waals surface area contributed by atoms with E-state index in [0.29, 0.717) is 24.1 Å². The number of carbonyl (C=O) groups is 2. The first-order chi connectivity index (χ1) is 12.4. The van der Waals surface area contributed by atoms with Crippen LogP contribution >= 0.6 is 0 Å². The monoisotopic (exact) mass is 351 g/mol. The van der Waals surface area contributed by atoms with Crippen LogP contribution in [0.4, 0.5) is 15.8 Å². The molecule has 0 atom stereocenters. The van der Waals surface area contributed by atoms with E-state index in [9.17, 15) is 14.0 Å². The SMILES string of the molecule is Cc1cc(C#N)cc(C)c1CC(=O)Nc1cc2c(cc1F)NC(=O)CC2. The molecule has 132 valence electrons. The molecule has 1 aliphatic heterocycles. The normalized spacial score (nSPS) is 12.8. The molecule has 0 aliphatic carbocycles. The Labute approximate surface area is 150 Å². The van der Waals surface area contributed by atoms with Gasteiger partial charge in [-0.25, -0.2) is 4.39 Å². The van der Waals surface area contributed by atoms with Crippen LogP contribution in [0.25, 0.3) is 0 Å². The van der Waals surface area contributed by atoms with Crippen molar-refractivity contribution in [2.75, 3.05) is 10.6 Å². The van der Waals surface area contributed by atoms with Crippen LogP contribution in [-0.2, 0) is 22.4 Å². The predicted octanol–water partition coefficient (Wildman–Crippen LogP) is 3.38. The van der Waals surface area contributed by atoms with Gasteiger partial charge >= 0.3 is 0 Å². The van der Waals surface area contributed by atoms with Crippen molar-refractivity contribution in [1.29, 1.82) is 5.26 Å². The van der Waals surface area contributed by atoms with Gasteiger partial charge in [-0.05, 0) is 66.8 Å². The molecule has 0 saturated heterocycles. The summed E-state index contributed by atoms with van der Waals surface area (Å²) in [4.78, 5) is 23.8. The number of carbonyl (C=O) groups excluding carboxylic acids is 2. The van der Waals surface area contributed by atoms with Crippen molar-refractivity contribution in [3.8, 4) is 6.07 Å². The van der Waals surface area contributed by atoms with E-state index in [1.54, 1.807) is 18.2 Å². The molecular formula is C20H18FN3O2. The van der Waals surface area contributed by atoms with Gasteiger partial charge < -0.3 is 10.6 Å². The second-order valence-corrected chi connectivity index (χ2v) is 6.46. The molecule has 0 radical (unpaired) electrons. The molecule has 0 fully saturated rings. The molecular weight excluding hydrogens is 333 g/mol. The van der Waals surface area contributed by atoms with E-state index in [0.717, 1.165) is 22.3 Å². The summed E-state index contributed by atoms with van der Waals surface area (Å²) in [6.45, 7) is 3.69. The summed E-state index contributed by atoms with van der Waals surface area (Å²) in [5.41, 5.74) is 4.44. The van der Waals surface area contributed by atoms with Gasteiger partial charge in [-0.1, -0.05) is 0 Å². The molecule has 26 heavy (non-hydrogen) atoms. The number of hydrogen-bond donors (Lipinski definition) is 2. The standard InChI is InChI=1S/C20H18FN3O2/c1-11-5-13(10-22)6-12(2)15(11)8-20(26)24-18-7-14-3-4-19(25)23-17(14)9-16(18)21/h5-7,9H,3-4,8H2,1-2H3,(H,23,25)(H,24,26). The van der Waals surface area contributed by atoms with Crippen LogP contribution in [0.5, 0.6) is 0 Å². The maximum absolute atomic E-state index is 14.3. The van der Waals surface area contributed by atoms with Crippen LogP contribution in [0.2, 0.25) is 0 Å². The molecule has 0 bridgehead atoms. The van der Waals surface area contributed by atoms with Crippen molar-refractivity contribution in [2.24, 2.45) is 0 Å². The number of nitrogens with one attached hydrogen (secondary N) is 2. The quantitative estimate of drug-likeness (QED) is 0.889. The molecule has 6 heteroatoms. The van der Waals surface area contributed by atoms with Crippen molar-refractivity contribution in [3.05, 3.63) is 57.9 Å². The maximum Gasteiger partial charge on any atom is 0.228 e. The van der Waals surface area contributed by atoms with Crippen LogP contribution in [-0.4, -0.2) is 11.8 Å². The third-order valence-corrected chi connectivity index (χ3v) is 4.52. The first kappa shape index (κ1) is 17.6. The van der Waals surface area contributed by atoms with Crippen molar-refractivity contribution in [1.82, 2.24) is 0 Å². The minimum absolute atomic E-state index is 0.0939. The predicted molar refractivity (Wildman–Crippen MR) is 96.3 cm³/mol. The number of rotatable bonds is 3. The van der Waals surface area contributed by atoms with Gasteiger partial charge in [-0.2, -0.15) is 5.26 Å². The zero-order valence-corrected chi connectivity index (χ0v) is 14.6. The van der Waals surface area contributed by atoms with Gasteiger partial charge in [0.15, 0.2) is 0 Å². The summed E-state index contributed by atoms with van der Waals surface area (Å²) in [6.07, 6.45) is 0.949. The van der Waals surface area contributed by atoms with Gasteiger partial charge in [0, 0.05) is 12.1 Å². The second-order valence-electron chi connectivity index (χ2n) is 6.46.